The molecule has 1 aromatic heterocycles. The number of thiazole rings is 1. The molecule has 1 aliphatic heterocycles. The second-order valence-electron chi connectivity index (χ2n) is 9.84. The third-order valence-corrected chi connectivity index (χ3v) is 8.00. The van der Waals surface area contributed by atoms with Gasteiger partial charge in [-0.1, -0.05) is 91.9 Å². The van der Waals surface area contributed by atoms with Crippen molar-refractivity contribution in [3.8, 4) is 11.5 Å². The van der Waals surface area contributed by atoms with Crippen molar-refractivity contribution >= 4 is 29.1 Å². The molecule has 5 rings (SSSR count). The van der Waals surface area contributed by atoms with E-state index in [0.29, 0.717) is 43.6 Å². The number of nitrogens with zero attached hydrogens (tertiary/aromatic N) is 2. The Balaban J connectivity index is 1.82. The van der Waals surface area contributed by atoms with E-state index >= 15 is 0 Å². The minimum absolute atomic E-state index is 0.198. The molecule has 4 aromatic rings. The second kappa shape index (κ2) is 12.0. The first-order valence-electron chi connectivity index (χ1n) is 13.5. The zero-order chi connectivity index (χ0) is 29.1. The Hall–Kier alpha value is -4.43. The summed E-state index contributed by atoms with van der Waals surface area (Å²) in [5.41, 5.74) is 3.99. The molecule has 0 bridgehead atoms. The van der Waals surface area contributed by atoms with Crippen molar-refractivity contribution < 1.29 is 19.0 Å². The Labute approximate surface area is 242 Å². The summed E-state index contributed by atoms with van der Waals surface area (Å²) in [5.74, 6) is 0.924. The van der Waals surface area contributed by atoms with E-state index in [1.165, 1.54) is 11.3 Å². The number of hydrogen-bond acceptors (Lipinski definition) is 7. The molecule has 0 amide bonds. The zero-order valence-corrected chi connectivity index (χ0v) is 24.5. The standard InChI is InChI=1S/C33H32N2O5S/c1-6-40-32(37)27-28(22-11-8-7-9-12-22)34-33-35(29(27)23-17-15-21(16-18-23)20(2)3)31(36)26(41-33)19-24-13-10-14-25(38-4)30(24)39-5/h7-20,29H,6H2,1-5H3/b26-19-/t29-/m0/s1. The summed E-state index contributed by atoms with van der Waals surface area (Å²) < 4.78 is 18.7. The van der Waals surface area contributed by atoms with E-state index in [4.69, 9.17) is 19.2 Å². The number of para-hydroxylation sites is 1. The maximum absolute atomic E-state index is 14.1. The molecule has 2 heterocycles. The number of carbonyl (C=O) groups is 1. The number of carbonyl (C=O) groups excluding carboxylic acids is 1. The van der Waals surface area contributed by atoms with Crippen LogP contribution in [0.15, 0.2) is 88.2 Å². The summed E-state index contributed by atoms with van der Waals surface area (Å²) in [5, 5.41) is 0. The van der Waals surface area contributed by atoms with Crippen LogP contribution in [0.2, 0.25) is 0 Å². The Morgan fingerprint density at radius 3 is 2.37 bits per heavy atom. The summed E-state index contributed by atoms with van der Waals surface area (Å²) in [6.45, 7) is 6.22. The van der Waals surface area contributed by atoms with E-state index in [2.05, 4.69) is 13.8 Å². The number of aromatic nitrogens is 1. The summed E-state index contributed by atoms with van der Waals surface area (Å²) in [6.07, 6.45) is 1.78. The van der Waals surface area contributed by atoms with E-state index in [9.17, 15) is 9.59 Å². The number of rotatable bonds is 8. The molecule has 7 nitrogen and oxygen atoms in total. The number of hydrogen-bond donors (Lipinski definition) is 0. The lowest BCUT2D eigenvalue weighted by Gasteiger charge is -2.26. The first kappa shape index (κ1) is 28.1. The van der Waals surface area contributed by atoms with E-state index in [0.717, 1.165) is 16.7 Å². The molecule has 0 fully saturated rings. The number of methoxy groups -OCH3 is 2. The third-order valence-electron chi connectivity index (χ3n) is 7.01. The summed E-state index contributed by atoms with van der Waals surface area (Å²) >= 11 is 1.27. The van der Waals surface area contributed by atoms with E-state index in [-0.39, 0.29) is 12.2 Å². The van der Waals surface area contributed by atoms with Crippen molar-refractivity contribution in [3.63, 3.8) is 0 Å². The molecule has 0 aliphatic carbocycles. The Kier molecular flexibility index (Phi) is 8.21. The largest absolute Gasteiger partial charge is 0.493 e. The van der Waals surface area contributed by atoms with Crippen LogP contribution in [0.1, 0.15) is 55.0 Å². The minimum atomic E-state index is -0.726. The monoisotopic (exact) mass is 568 g/mol. The van der Waals surface area contributed by atoms with Gasteiger partial charge in [-0.25, -0.2) is 9.79 Å². The van der Waals surface area contributed by atoms with Gasteiger partial charge in [0.1, 0.15) is 0 Å². The molecule has 0 unspecified atom stereocenters. The van der Waals surface area contributed by atoms with Gasteiger partial charge >= 0.3 is 5.97 Å². The van der Waals surface area contributed by atoms with Crippen LogP contribution in [-0.2, 0) is 9.53 Å². The van der Waals surface area contributed by atoms with E-state index in [1.54, 1.807) is 37.9 Å². The lowest BCUT2D eigenvalue weighted by Crippen LogP contribution is -2.40. The molecular formula is C33H32N2O5S. The molecule has 210 valence electrons. The van der Waals surface area contributed by atoms with Crippen LogP contribution in [0.5, 0.6) is 11.5 Å². The highest BCUT2D eigenvalue weighted by Crippen LogP contribution is 2.36. The molecule has 0 saturated heterocycles. The average Bonchev–Trinajstić information content (AvgIpc) is 3.30. The fraction of sp³-hybridized carbons (Fsp3) is 0.242. The first-order chi connectivity index (χ1) is 19.9. The highest BCUT2D eigenvalue weighted by Gasteiger charge is 2.35. The normalized spacial score (nSPS) is 15.0. The van der Waals surface area contributed by atoms with Gasteiger partial charge in [-0.05, 0) is 36.1 Å². The lowest BCUT2D eigenvalue weighted by atomic mass is 9.91. The Morgan fingerprint density at radius 2 is 1.73 bits per heavy atom. The highest BCUT2D eigenvalue weighted by molar-refractivity contribution is 7.07. The van der Waals surface area contributed by atoms with Crippen molar-refractivity contribution in [2.24, 2.45) is 4.99 Å². The predicted octanol–water partition coefficient (Wildman–Crippen LogP) is 5.08. The van der Waals surface area contributed by atoms with Crippen molar-refractivity contribution in [1.82, 2.24) is 4.57 Å². The van der Waals surface area contributed by atoms with Gasteiger partial charge in [0.05, 0.1) is 42.7 Å². The molecule has 3 aromatic carbocycles. The molecule has 0 radical (unpaired) electrons. The van der Waals surface area contributed by atoms with Crippen molar-refractivity contribution in [2.75, 3.05) is 20.8 Å². The SMILES string of the molecule is CCOC(=O)C1=C(c2ccccc2)N=c2s/c(=C\c3cccc(OC)c3OC)c(=O)n2[C@H]1c1ccc(C(C)C)cc1. The van der Waals surface area contributed by atoms with Gasteiger partial charge < -0.3 is 14.2 Å². The number of esters is 1. The smallest absolute Gasteiger partial charge is 0.338 e. The maximum atomic E-state index is 14.1. The number of ether oxygens (including phenoxy) is 3. The summed E-state index contributed by atoms with van der Waals surface area (Å²) in [7, 11) is 3.14. The molecule has 0 saturated carbocycles. The van der Waals surface area contributed by atoms with E-state index in [1.807, 2.05) is 66.7 Å². The van der Waals surface area contributed by atoms with Crippen LogP contribution in [0.25, 0.3) is 11.8 Å². The molecule has 1 atom stereocenters. The fourth-order valence-corrected chi connectivity index (χ4v) is 5.98. The Bertz CT molecular complexity index is 1780. The van der Waals surface area contributed by atoms with Crippen LogP contribution in [0.3, 0.4) is 0 Å². The van der Waals surface area contributed by atoms with Crippen LogP contribution in [-0.4, -0.2) is 31.4 Å². The van der Waals surface area contributed by atoms with Gasteiger partial charge in [-0.3, -0.25) is 9.36 Å². The minimum Gasteiger partial charge on any atom is -0.493 e. The predicted molar refractivity (Wildman–Crippen MR) is 161 cm³/mol. The third kappa shape index (κ3) is 5.35. The fourth-order valence-electron chi connectivity index (χ4n) is 4.99. The quantitative estimate of drug-likeness (QED) is 0.277. The van der Waals surface area contributed by atoms with Gasteiger partial charge in [-0.2, -0.15) is 0 Å². The molecule has 0 spiro atoms. The number of fused-ring (bicyclic) bond motifs is 1. The van der Waals surface area contributed by atoms with Gasteiger partial charge in [0.25, 0.3) is 5.56 Å². The summed E-state index contributed by atoms with van der Waals surface area (Å²) in [6, 6.07) is 22.4. The topological polar surface area (TPSA) is 79.1 Å². The maximum Gasteiger partial charge on any atom is 0.338 e. The number of benzene rings is 3. The molecule has 0 N–H and O–H groups in total. The van der Waals surface area contributed by atoms with Crippen molar-refractivity contribution in [2.45, 2.75) is 32.7 Å². The van der Waals surface area contributed by atoms with Gasteiger partial charge in [0.2, 0.25) is 0 Å². The van der Waals surface area contributed by atoms with Crippen LogP contribution in [0, 0.1) is 0 Å². The molecule has 1 aliphatic rings. The van der Waals surface area contributed by atoms with Crippen molar-refractivity contribution in [3.05, 3.63) is 120 Å². The highest BCUT2D eigenvalue weighted by atomic mass is 32.1. The zero-order valence-electron chi connectivity index (χ0n) is 23.7. The molecule has 8 heteroatoms. The molecular weight excluding hydrogens is 536 g/mol. The summed E-state index contributed by atoms with van der Waals surface area (Å²) in [4.78, 5) is 33.2. The van der Waals surface area contributed by atoms with Crippen LogP contribution < -0.4 is 24.4 Å². The Morgan fingerprint density at radius 1 is 1.00 bits per heavy atom. The molecule has 41 heavy (non-hydrogen) atoms. The van der Waals surface area contributed by atoms with Gasteiger partial charge in [0, 0.05) is 11.1 Å². The van der Waals surface area contributed by atoms with Crippen molar-refractivity contribution in [1.29, 1.82) is 0 Å². The van der Waals surface area contributed by atoms with E-state index < -0.39 is 12.0 Å². The van der Waals surface area contributed by atoms with Gasteiger partial charge in [-0.15, -0.1) is 0 Å². The van der Waals surface area contributed by atoms with Crippen LogP contribution in [0.4, 0.5) is 0 Å². The van der Waals surface area contributed by atoms with Gasteiger partial charge in [0.15, 0.2) is 16.3 Å². The second-order valence-corrected chi connectivity index (χ2v) is 10.8. The average molecular weight is 569 g/mol. The lowest BCUT2D eigenvalue weighted by molar-refractivity contribution is -0.138. The first-order valence-corrected chi connectivity index (χ1v) is 14.3. The van der Waals surface area contributed by atoms with Crippen LogP contribution >= 0.6 is 11.3 Å².